The van der Waals surface area contributed by atoms with Crippen molar-refractivity contribution in [2.24, 2.45) is 11.7 Å². The van der Waals surface area contributed by atoms with Gasteiger partial charge in [-0.05, 0) is 24.8 Å². The second kappa shape index (κ2) is 6.24. The molecule has 0 aliphatic carbocycles. The summed E-state index contributed by atoms with van der Waals surface area (Å²) in [7, 11) is -3.48. The molecular weight excluding hydrogens is 276 g/mol. The van der Waals surface area contributed by atoms with Crippen LogP contribution >= 0.6 is 0 Å². The number of hydrogen-bond donors (Lipinski definition) is 1. The molecule has 2 rings (SSSR count). The second-order valence-electron chi connectivity index (χ2n) is 5.43. The van der Waals surface area contributed by atoms with Crippen molar-refractivity contribution in [1.82, 2.24) is 14.1 Å². The third kappa shape index (κ3) is 2.89. The molecule has 0 saturated carbocycles. The summed E-state index contributed by atoms with van der Waals surface area (Å²) in [5.74, 6) is 0.261. The van der Waals surface area contributed by atoms with E-state index in [1.165, 1.54) is 4.31 Å². The zero-order valence-electron chi connectivity index (χ0n) is 12.2. The van der Waals surface area contributed by atoms with Crippen LogP contribution in [0.4, 0.5) is 0 Å². The van der Waals surface area contributed by atoms with Crippen LogP contribution in [-0.2, 0) is 16.6 Å². The first-order valence-corrected chi connectivity index (χ1v) is 8.72. The predicted molar refractivity (Wildman–Crippen MR) is 77.7 cm³/mol. The standard InChI is InChI=1S/C13H24N4O2S/c1-3-5-11-9-16(10-12(11)14)20(18,19)13-6-7-15-17(13)8-4-2/h6-7,11-12H,3-5,8-10,14H2,1-2H3/t11-,12-/m1/s1. The number of hydrogen-bond acceptors (Lipinski definition) is 4. The lowest BCUT2D eigenvalue weighted by Gasteiger charge is -2.17. The minimum Gasteiger partial charge on any atom is -0.326 e. The highest BCUT2D eigenvalue weighted by molar-refractivity contribution is 7.89. The lowest BCUT2D eigenvalue weighted by molar-refractivity contribution is 0.430. The third-order valence-corrected chi connectivity index (χ3v) is 5.69. The Hall–Kier alpha value is -0.920. The van der Waals surface area contributed by atoms with Crippen LogP contribution in [-0.4, -0.2) is 41.6 Å². The van der Waals surface area contributed by atoms with Crippen LogP contribution in [0.5, 0.6) is 0 Å². The van der Waals surface area contributed by atoms with Crippen LogP contribution in [0.2, 0.25) is 0 Å². The van der Waals surface area contributed by atoms with Crippen LogP contribution in [0.3, 0.4) is 0 Å². The maximum atomic E-state index is 12.7. The Balaban J connectivity index is 2.21. The van der Waals surface area contributed by atoms with E-state index >= 15 is 0 Å². The number of rotatable bonds is 6. The molecule has 1 fully saturated rings. The summed E-state index contributed by atoms with van der Waals surface area (Å²) in [6, 6.07) is 1.51. The molecule has 1 saturated heterocycles. The van der Waals surface area contributed by atoms with E-state index in [2.05, 4.69) is 12.0 Å². The summed E-state index contributed by atoms with van der Waals surface area (Å²) in [6.07, 6.45) is 4.39. The van der Waals surface area contributed by atoms with Crippen molar-refractivity contribution in [1.29, 1.82) is 0 Å². The van der Waals surface area contributed by atoms with Gasteiger partial charge in [0.1, 0.15) is 0 Å². The molecule has 2 atom stereocenters. The molecule has 20 heavy (non-hydrogen) atoms. The highest BCUT2D eigenvalue weighted by Gasteiger charge is 2.38. The van der Waals surface area contributed by atoms with Gasteiger partial charge in [0.25, 0.3) is 10.0 Å². The van der Waals surface area contributed by atoms with Gasteiger partial charge in [-0.3, -0.25) is 4.68 Å². The van der Waals surface area contributed by atoms with Crippen LogP contribution in [0.25, 0.3) is 0 Å². The smallest absolute Gasteiger partial charge is 0.260 e. The van der Waals surface area contributed by atoms with Crippen molar-refractivity contribution in [3.05, 3.63) is 12.3 Å². The largest absolute Gasteiger partial charge is 0.326 e. The Kier molecular flexibility index (Phi) is 4.82. The Bertz CT molecular complexity index is 540. The molecule has 0 amide bonds. The van der Waals surface area contributed by atoms with Gasteiger partial charge in [-0.25, -0.2) is 8.42 Å². The van der Waals surface area contributed by atoms with Crippen molar-refractivity contribution in [3.8, 4) is 0 Å². The molecule has 0 aromatic carbocycles. The van der Waals surface area contributed by atoms with E-state index in [9.17, 15) is 8.42 Å². The Morgan fingerprint density at radius 3 is 2.75 bits per heavy atom. The summed E-state index contributed by atoms with van der Waals surface area (Å²) in [5.41, 5.74) is 6.07. The first-order valence-electron chi connectivity index (χ1n) is 7.28. The van der Waals surface area contributed by atoms with Gasteiger partial charge in [0.2, 0.25) is 0 Å². The average molecular weight is 300 g/mol. The summed E-state index contributed by atoms with van der Waals surface area (Å²) in [4.78, 5) is 0. The first-order chi connectivity index (χ1) is 9.50. The highest BCUT2D eigenvalue weighted by Crippen LogP contribution is 2.26. The molecule has 1 aromatic rings. The van der Waals surface area contributed by atoms with Crippen LogP contribution < -0.4 is 5.73 Å². The van der Waals surface area contributed by atoms with Gasteiger partial charge >= 0.3 is 0 Å². The van der Waals surface area contributed by atoms with E-state index in [1.807, 2.05) is 6.92 Å². The van der Waals surface area contributed by atoms with Gasteiger partial charge in [0, 0.05) is 25.7 Å². The normalized spacial score (nSPS) is 24.4. The van der Waals surface area contributed by atoms with Crippen LogP contribution in [0, 0.1) is 5.92 Å². The number of nitrogens with two attached hydrogens (primary N) is 1. The fourth-order valence-electron chi connectivity index (χ4n) is 2.78. The maximum absolute atomic E-state index is 12.7. The van der Waals surface area contributed by atoms with Gasteiger partial charge in [-0.2, -0.15) is 9.40 Å². The molecular formula is C13H24N4O2S. The molecule has 1 aliphatic rings. The topological polar surface area (TPSA) is 81.2 Å². The zero-order chi connectivity index (χ0) is 14.8. The molecule has 2 N–H and O–H groups in total. The summed E-state index contributed by atoms with van der Waals surface area (Å²) >= 11 is 0. The fraction of sp³-hybridized carbons (Fsp3) is 0.769. The van der Waals surface area contributed by atoms with Crippen molar-refractivity contribution >= 4 is 10.0 Å². The van der Waals surface area contributed by atoms with E-state index in [-0.39, 0.29) is 17.0 Å². The van der Waals surface area contributed by atoms with E-state index in [0.717, 1.165) is 19.3 Å². The van der Waals surface area contributed by atoms with Gasteiger partial charge in [0.15, 0.2) is 5.03 Å². The molecule has 114 valence electrons. The summed E-state index contributed by atoms with van der Waals surface area (Å²) in [6.45, 7) is 5.64. The van der Waals surface area contributed by atoms with Crippen LogP contribution in [0.15, 0.2) is 17.3 Å². The van der Waals surface area contributed by atoms with E-state index in [0.29, 0.717) is 19.6 Å². The number of aryl methyl sites for hydroxylation is 1. The highest BCUT2D eigenvalue weighted by atomic mass is 32.2. The Morgan fingerprint density at radius 1 is 1.35 bits per heavy atom. The Morgan fingerprint density at radius 2 is 2.10 bits per heavy atom. The zero-order valence-corrected chi connectivity index (χ0v) is 13.0. The third-order valence-electron chi connectivity index (χ3n) is 3.83. The van der Waals surface area contributed by atoms with Gasteiger partial charge in [-0.1, -0.05) is 20.3 Å². The summed E-state index contributed by atoms with van der Waals surface area (Å²) < 4.78 is 28.5. The number of sulfonamides is 1. The predicted octanol–water partition coefficient (Wildman–Crippen LogP) is 1.04. The number of nitrogens with zero attached hydrogens (tertiary/aromatic N) is 3. The molecule has 1 aromatic heterocycles. The molecule has 2 heterocycles. The minimum absolute atomic E-state index is 0.0627. The van der Waals surface area contributed by atoms with Gasteiger partial charge in [0.05, 0.1) is 6.20 Å². The SMILES string of the molecule is CCC[C@@H]1CN(S(=O)(=O)c2ccnn2CCC)C[C@H]1N. The van der Waals surface area contributed by atoms with E-state index in [4.69, 9.17) is 5.73 Å². The van der Waals surface area contributed by atoms with Gasteiger partial charge < -0.3 is 5.73 Å². The first kappa shape index (κ1) is 15.5. The lowest BCUT2D eigenvalue weighted by Crippen LogP contribution is -2.33. The molecule has 0 bridgehead atoms. The molecule has 0 spiro atoms. The molecule has 0 unspecified atom stereocenters. The van der Waals surface area contributed by atoms with Crippen molar-refractivity contribution in [2.75, 3.05) is 13.1 Å². The Labute approximate surface area is 121 Å². The van der Waals surface area contributed by atoms with Crippen LogP contribution in [0.1, 0.15) is 33.1 Å². The monoisotopic (exact) mass is 300 g/mol. The fourth-order valence-corrected chi connectivity index (χ4v) is 4.44. The molecule has 6 nitrogen and oxygen atoms in total. The maximum Gasteiger partial charge on any atom is 0.260 e. The molecule has 1 aliphatic heterocycles. The van der Waals surface area contributed by atoms with Gasteiger partial charge in [-0.15, -0.1) is 0 Å². The molecule has 7 heteroatoms. The number of aromatic nitrogens is 2. The lowest BCUT2D eigenvalue weighted by atomic mass is 9.99. The van der Waals surface area contributed by atoms with Crippen molar-refractivity contribution < 1.29 is 8.42 Å². The van der Waals surface area contributed by atoms with Crippen molar-refractivity contribution in [2.45, 2.75) is 50.7 Å². The van der Waals surface area contributed by atoms with E-state index in [1.54, 1.807) is 16.9 Å². The minimum atomic E-state index is -3.48. The molecule has 0 radical (unpaired) electrons. The quantitative estimate of drug-likeness (QED) is 0.851. The average Bonchev–Trinajstić information content (AvgIpc) is 2.99. The van der Waals surface area contributed by atoms with Crippen molar-refractivity contribution in [3.63, 3.8) is 0 Å². The second-order valence-corrected chi connectivity index (χ2v) is 7.31. The summed E-state index contributed by atoms with van der Waals surface area (Å²) in [5, 5.41) is 4.38. The van der Waals surface area contributed by atoms with E-state index < -0.39 is 10.0 Å².